The molecule has 0 aliphatic carbocycles. The van der Waals surface area contributed by atoms with Crippen LogP contribution in [0.1, 0.15) is 0 Å². The highest BCUT2D eigenvalue weighted by molar-refractivity contribution is 6.30. The average Bonchev–Trinajstić information content (AvgIpc) is 2.50. The Morgan fingerprint density at radius 2 is 1.55 bits per heavy atom. The number of aromatic nitrogens is 2. The predicted molar refractivity (Wildman–Crippen MR) is 80.0 cm³/mol. The highest BCUT2D eigenvalue weighted by Gasteiger charge is 2.04. The summed E-state index contributed by atoms with van der Waals surface area (Å²) in [4.78, 5) is 8.13. The fourth-order valence-electron chi connectivity index (χ4n) is 1.70. The summed E-state index contributed by atoms with van der Waals surface area (Å²) in [5, 5.41) is 0.469. The Hall–Kier alpha value is -2.66. The molecule has 2 aromatic heterocycles. The molecular formula is C16H10ClFN2O2. The van der Waals surface area contributed by atoms with Crippen molar-refractivity contribution >= 4 is 11.6 Å². The van der Waals surface area contributed by atoms with E-state index in [0.29, 0.717) is 28.3 Å². The van der Waals surface area contributed by atoms with E-state index in [1.165, 1.54) is 36.7 Å². The van der Waals surface area contributed by atoms with E-state index in [0.717, 1.165) is 0 Å². The zero-order valence-electron chi connectivity index (χ0n) is 11.2. The molecule has 0 atom stereocenters. The minimum absolute atomic E-state index is 0.328. The first kappa shape index (κ1) is 14.3. The van der Waals surface area contributed by atoms with Crippen LogP contribution in [0.5, 0.6) is 23.3 Å². The molecular weight excluding hydrogens is 307 g/mol. The fraction of sp³-hybridized carbons (Fsp3) is 0. The van der Waals surface area contributed by atoms with Crippen LogP contribution in [0.4, 0.5) is 4.39 Å². The maximum atomic E-state index is 12.9. The van der Waals surface area contributed by atoms with Crippen molar-refractivity contribution in [2.75, 3.05) is 0 Å². The van der Waals surface area contributed by atoms with Gasteiger partial charge in [-0.25, -0.2) is 4.39 Å². The molecule has 0 aliphatic rings. The van der Waals surface area contributed by atoms with Gasteiger partial charge in [0.1, 0.15) is 17.3 Å². The van der Waals surface area contributed by atoms with E-state index in [-0.39, 0.29) is 5.82 Å². The van der Waals surface area contributed by atoms with Crippen molar-refractivity contribution in [3.8, 4) is 23.3 Å². The summed E-state index contributed by atoms with van der Waals surface area (Å²) < 4.78 is 24.0. The van der Waals surface area contributed by atoms with Gasteiger partial charge in [-0.3, -0.25) is 4.98 Å². The van der Waals surface area contributed by atoms with Gasteiger partial charge >= 0.3 is 0 Å². The minimum atomic E-state index is -0.328. The maximum absolute atomic E-state index is 12.9. The van der Waals surface area contributed by atoms with Crippen LogP contribution in [-0.2, 0) is 0 Å². The molecule has 0 fully saturated rings. The van der Waals surface area contributed by atoms with Crippen LogP contribution >= 0.6 is 11.6 Å². The zero-order chi connectivity index (χ0) is 15.4. The lowest BCUT2D eigenvalue weighted by atomic mass is 10.3. The molecule has 0 amide bonds. The number of pyridine rings is 2. The summed E-state index contributed by atoms with van der Waals surface area (Å²) in [7, 11) is 0. The second-order valence-corrected chi connectivity index (χ2v) is 4.75. The van der Waals surface area contributed by atoms with E-state index in [1.54, 1.807) is 24.3 Å². The van der Waals surface area contributed by atoms with Gasteiger partial charge < -0.3 is 9.47 Å². The Morgan fingerprint density at radius 3 is 2.23 bits per heavy atom. The van der Waals surface area contributed by atoms with Gasteiger partial charge in [0.25, 0.3) is 0 Å². The van der Waals surface area contributed by atoms with E-state index >= 15 is 0 Å². The van der Waals surface area contributed by atoms with Gasteiger partial charge in [0.15, 0.2) is 0 Å². The third-order valence-corrected chi connectivity index (χ3v) is 2.84. The van der Waals surface area contributed by atoms with Crippen molar-refractivity contribution in [2.45, 2.75) is 0 Å². The van der Waals surface area contributed by atoms with Crippen molar-refractivity contribution in [3.05, 3.63) is 71.8 Å². The van der Waals surface area contributed by atoms with E-state index < -0.39 is 0 Å². The van der Waals surface area contributed by atoms with Gasteiger partial charge in [0.2, 0.25) is 11.8 Å². The number of nitrogens with zero attached hydrogens (tertiary/aromatic N) is 2. The van der Waals surface area contributed by atoms with Crippen molar-refractivity contribution < 1.29 is 13.9 Å². The van der Waals surface area contributed by atoms with Crippen molar-refractivity contribution in [2.24, 2.45) is 0 Å². The van der Waals surface area contributed by atoms with Gasteiger partial charge in [-0.2, -0.15) is 4.98 Å². The van der Waals surface area contributed by atoms with E-state index in [1.807, 2.05) is 0 Å². The lowest BCUT2D eigenvalue weighted by Gasteiger charge is -2.07. The lowest BCUT2D eigenvalue weighted by molar-refractivity contribution is 0.425. The number of ether oxygens (including phenoxy) is 2. The van der Waals surface area contributed by atoms with Crippen LogP contribution in [-0.4, -0.2) is 9.97 Å². The summed E-state index contributed by atoms with van der Waals surface area (Å²) in [5.74, 6) is 1.29. The molecule has 0 aliphatic heterocycles. The number of hydrogen-bond donors (Lipinski definition) is 0. The largest absolute Gasteiger partial charge is 0.439 e. The SMILES string of the molecule is Fc1ccc(Oc2cccc(Oc3cncc(Cl)c3)n2)cc1. The van der Waals surface area contributed by atoms with Crippen molar-refractivity contribution in [3.63, 3.8) is 0 Å². The number of benzene rings is 1. The van der Waals surface area contributed by atoms with E-state index in [4.69, 9.17) is 21.1 Å². The third kappa shape index (κ3) is 3.71. The molecule has 3 rings (SSSR count). The van der Waals surface area contributed by atoms with Crippen molar-refractivity contribution in [1.29, 1.82) is 0 Å². The first-order valence-corrected chi connectivity index (χ1v) is 6.76. The molecule has 0 radical (unpaired) electrons. The Labute approximate surface area is 131 Å². The smallest absolute Gasteiger partial charge is 0.222 e. The molecule has 0 unspecified atom stereocenters. The van der Waals surface area contributed by atoms with E-state index in [9.17, 15) is 4.39 Å². The maximum Gasteiger partial charge on any atom is 0.222 e. The molecule has 4 nitrogen and oxygen atoms in total. The first-order chi connectivity index (χ1) is 10.7. The summed E-state index contributed by atoms with van der Waals surface area (Å²) in [6.07, 6.45) is 3.04. The second-order valence-electron chi connectivity index (χ2n) is 4.31. The topological polar surface area (TPSA) is 44.2 Å². The summed E-state index contributed by atoms with van der Waals surface area (Å²) >= 11 is 5.84. The third-order valence-electron chi connectivity index (χ3n) is 2.64. The lowest BCUT2D eigenvalue weighted by Crippen LogP contribution is -1.92. The first-order valence-electron chi connectivity index (χ1n) is 6.38. The molecule has 1 aromatic carbocycles. The molecule has 0 saturated heterocycles. The molecule has 0 spiro atoms. The van der Waals surface area contributed by atoms with Crippen LogP contribution in [0.15, 0.2) is 60.9 Å². The number of hydrogen-bond acceptors (Lipinski definition) is 4. The second kappa shape index (κ2) is 6.41. The standard InChI is InChI=1S/C16H10ClFN2O2/c17-11-8-14(10-19-9-11)22-16-3-1-2-15(20-16)21-13-6-4-12(18)5-7-13/h1-10H. The Morgan fingerprint density at radius 1 is 0.864 bits per heavy atom. The highest BCUT2D eigenvalue weighted by Crippen LogP contribution is 2.25. The Kier molecular flexibility index (Phi) is 4.16. The molecule has 0 bridgehead atoms. The summed E-state index contributed by atoms with van der Waals surface area (Å²) in [6, 6.07) is 12.4. The van der Waals surface area contributed by atoms with Crippen LogP contribution in [0, 0.1) is 5.82 Å². The monoisotopic (exact) mass is 316 g/mol. The normalized spacial score (nSPS) is 10.3. The fourth-order valence-corrected chi connectivity index (χ4v) is 1.87. The molecule has 2 heterocycles. The Balaban J connectivity index is 1.76. The summed E-state index contributed by atoms with van der Waals surface area (Å²) in [6.45, 7) is 0. The van der Waals surface area contributed by atoms with Gasteiger partial charge in [-0.05, 0) is 24.3 Å². The van der Waals surface area contributed by atoms with Gasteiger partial charge in [0, 0.05) is 24.4 Å². The molecule has 3 aromatic rings. The van der Waals surface area contributed by atoms with Crippen LogP contribution in [0.3, 0.4) is 0 Å². The quantitative estimate of drug-likeness (QED) is 0.690. The minimum Gasteiger partial charge on any atom is -0.439 e. The van der Waals surface area contributed by atoms with Gasteiger partial charge in [-0.1, -0.05) is 17.7 Å². The zero-order valence-corrected chi connectivity index (χ0v) is 12.0. The Bertz CT molecular complexity index is 781. The van der Waals surface area contributed by atoms with Gasteiger partial charge in [-0.15, -0.1) is 0 Å². The molecule has 0 saturated carbocycles. The molecule has 6 heteroatoms. The number of rotatable bonds is 4. The van der Waals surface area contributed by atoms with Gasteiger partial charge in [0.05, 0.1) is 11.2 Å². The van der Waals surface area contributed by atoms with E-state index in [2.05, 4.69) is 9.97 Å². The summed E-state index contributed by atoms with van der Waals surface area (Å²) in [5.41, 5.74) is 0. The number of halogens is 2. The van der Waals surface area contributed by atoms with Crippen LogP contribution in [0.25, 0.3) is 0 Å². The molecule has 110 valence electrons. The predicted octanol–water partition coefficient (Wildman–Crippen LogP) is 4.85. The average molecular weight is 317 g/mol. The van der Waals surface area contributed by atoms with Crippen molar-refractivity contribution in [1.82, 2.24) is 9.97 Å². The molecule has 22 heavy (non-hydrogen) atoms. The highest BCUT2D eigenvalue weighted by atomic mass is 35.5. The molecule has 0 N–H and O–H groups in total. The van der Waals surface area contributed by atoms with Crippen LogP contribution < -0.4 is 9.47 Å². The van der Waals surface area contributed by atoms with Crippen LogP contribution in [0.2, 0.25) is 5.02 Å².